The molecule has 4 heteroatoms. The molecule has 2 nitrogen and oxygen atoms in total. The lowest BCUT2D eigenvalue weighted by atomic mass is 9.97. The van der Waals surface area contributed by atoms with Crippen LogP contribution in [0.1, 0.15) is 24.8 Å². The molecule has 0 aliphatic rings. The van der Waals surface area contributed by atoms with Crippen LogP contribution in [0.3, 0.4) is 0 Å². The van der Waals surface area contributed by atoms with Crippen molar-refractivity contribution in [1.82, 2.24) is 0 Å². The van der Waals surface area contributed by atoms with Crippen LogP contribution in [-0.4, -0.2) is 11.1 Å². The third-order valence-corrected chi connectivity index (χ3v) is 3.93. The minimum Gasteiger partial charge on any atom is -0.481 e. The van der Waals surface area contributed by atoms with Gasteiger partial charge in [-0.2, -0.15) is 0 Å². The lowest BCUT2D eigenvalue weighted by Crippen LogP contribution is -2.10. The fraction of sp³-hybridized carbons (Fsp3) is 0.300. The molecule has 0 heterocycles. The summed E-state index contributed by atoms with van der Waals surface area (Å²) in [4.78, 5) is 10.9. The molecular weight excluding hydrogens is 312 g/mol. The number of benzene rings is 1. The third-order valence-electron chi connectivity index (χ3n) is 2.05. The van der Waals surface area contributed by atoms with Crippen LogP contribution in [0.2, 0.25) is 0 Å². The van der Waals surface area contributed by atoms with E-state index in [4.69, 9.17) is 5.11 Å². The van der Waals surface area contributed by atoms with Crippen LogP contribution in [0.15, 0.2) is 27.1 Å². The molecule has 1 N–H and O–H groups in total. The van der Waals surface area contributed by atoms with E-state index in [9.17, 15) is 4.79 Å². The van der Waals surface area contributed by atoms with Crippen molar-refractivity contribution in [2.75, 3.05) is 0 Å². The van der Waals surface area contributed by atoms with Gasteiger partial charge in [0, 0.05) is 8.95 Å². The fourth-order valence-corrected chi connectivity index (χ4v) is 1.93. The maximum Gasteiger partial charge on any atom is 0.310 e. The molecule has 0 fully saturated rings. The molecule has 1 unspecified atom stereocenters. The highest BCUT2D eigenvalue weighted by Crippen LogP contribution is 2.28. The van der Waals surface area contributed by atoms with Gasteiger partial charge in [-0.25, -0.2) is 0 Å². The summed E-state index contributed by atoms with van der Waals surface area (Å²) in [5.74, 6) is -1.19. The van der Waals surface area contributed by atoms with Crippen molar-refractivity contribution in [3.05, 3.63) is 32.7 Å². The Hall–Kier alpha value is -0.350. The van der Waals surface area contributed by atoms with Gasteiger partial charge in [0.15, 0.2) is 0 Å². The first kappa shape index (κ1) is 11.7. The van der Waals surface area contributed by atoms with E-state index < -0.39 is 11.9 Å². The summed E-state index contributed by atoms with van der Waals surface area (Å²) < 4.78 is 1.82. The molecule has 1 aromatic rings. The van der Waals surface area contributed by atoms with Gasteiger partial charge in [0.05, 0.1) is 5.92 Å². The Kier molecular flexibility index (Phi) is 4.13. The van der Waals surface area contributed by atoms with Gasteiger partial charge in [-0.05, 0) is 56.0 Å². The Morgan fingerprint density at radius 1 is 1.43 bits per heavy atom. The maximum absolute atomic E-state index is 10.9. The highest BCUT2D eigenvalue weighted by Gasteiger charge is 2.17. The second-order valence-electron chi connectivity index (χ2n) is 2.97. The largest absolute Gasteiger partial charge is 0.481 e. The van der Waals surface area contributed by atoms with E-state index in [2.05, 4.69) is 31.9 Å². The lowest BCUT2D eigenvalue weighted by molar-refractivity contribution is -0.138. The van der Waals surface area contributed by atoms with Crippen LogP contribution in [0, 0.1) is 0 Å². The average Bonchev–Trinajstić information content (AvgIpc) is 2.11. The second kappa shape index (κ2) is 4.94. The van der Waals surface area contributed by atoms with Crippen molar-refractivity contribution in [3.63, 3.8) is 0 Å². The first-order valence-electron chi connectivity index (χ1n) is 4.24. The summed E-state index contributed by atoms with van der Waals surface area (Å²) in [7, 11) is 0. The maximum atomic E-state index is 10.9. The molecule has 0 aliphatic heterocycles. The van der Waals surface area contributed by atoms with E-state index in [-0.39, 0.29) is 0 Å². The first-order chi connectivity index (χ1) is 6.56. The number of aliphatic carboxylic acids is 1. The zero-order valence-corrected chi connectivity index (χ0v) is 10.8. The molecule has 76 valence electrons. The summed E-state index contributed by atoms with van der Waals surface area (Å²) in [6.07, 6.45) is 0.601. The van der Waals surface area contributed by atoms with Gasteiger partial charge in [-0.1, -0.05) is 13.0 Å². The summed E-state index contributed by atoms with van der Waals surface area (Å²) in [6, 6.07) is 5.52. The number of halogens is 2. The van der Waals surface area contributed by atoms with E-state index in [1.807, 2.05) is 25.1 Å². The van der Waals surface area contributed by atoms with Crippen LogP contribution >= 0.6 is 31.9 Å². The molecule has 0 saturated heterocycles. The molecule has 0 saturated carbocycles. The fourth-order valence-electron chi connectivity index (χ4n) is 1.28. The number of carboxylic acids is 1. The Labute approximate surface area is 99.6 Å². The quantitative estimate of drug-likeness (QED) is 0.919. The average molecular weight is 322 g/mol. The van der Waals surface area contributed by atoms with Gasteiger partial charge >= 0.3 is 5.97 Å². The topological polar surface area (TPSA) is 37.3 Å². The molecule has 0 spiro atoms. The SMILES string of the molecule is CCC(C(=O)O)c1ccc(Br)c(Br)c1. The molecule has 1 atom stereocenters. The highest BCUT2D eigenvalue weighted by molar-refractivity contribution is 9.13. The van der Waals surface area contributed by atoms with Crippen LogP contribution < -0.4 is 0 Å². The lowest BCUT2D eigenvalue weighted by Gasteiger charge is -2.10. The zero-order valence-electron chi connectivity index (χ0n) is 7.63. The highest BCUT2D eigenvalue weighted by atomic mass is 79.9. The van der Waals surface area contributed by atoms with Crippen molar-refractivity contribution < 1.29 is 9.90 Å². The third kappa shape index (κ3) is 2.58. The minimum absolute atomic E-state index is 0.417. The van der Waals surface area contributed by atoms with Gasteiger partial charge in [0.1, 0.15) is 0 Å². The molecule has 0 amide bonds. The number of rotatable bonds is 3. The predicted octanol–water partition coefficient (Wildman–Crippen LogP) is 3.79. The van der Waals surface area contributed by atoms with Gasteiger partial charge in [-0.3, -0.25) is 4.79 Å². The monoisotopic (exact) mass is 320 g/mol. The van der Waals surface area contributed by atoms with Crippen LogP contribution in [-0.2, 0) is 4.79 Å². The van der Waals surface area contributed by atoms with Crippen molar-refractivity contribution in [3.8, 4) is 0 Å². The second-order valence-corrected chi connectivity index (χ2v) is 4.68. The number of carboxylic acid groups (broad SMARTS) is 1. The molecule has 0 aliphatic carbocycles. The molecule has 0 bridgehead atoms. The van der Waals surface area contributed by atoms with Crippen LogP contribution in [0.4, 0.5) is 0 Å². The molecule has 0 aromatic heterocycles. The van der Waals surface area contributed by atoms with Gasteiger partial charge in [0.25, 0.3) is 0 Å². The van der Waals surface area contributed by atoms with Gasteiger partial charge in [0.2, 0.25) is 0 Å². The van der Waals surface area contributed by atoms with Crippen LogP contribution in [0.25, 0.3) is 0 Å². The van der Waals surface area contributed by atoms with Gasteiger partial charge < -0.3 is 5.11 Å². The van der Waals surface area contributed by atoms with Crippen molar-refractivity contribution in [2.24, 2.45) is 0 Å². The molecule has 1 rings (SSSR count). The van der Waals surface area contributed by atoms with Crippen molar-refractivity contribution in [2.45, 2.75) is 19.3 Å². The Morgan fingerprint density at radius 2 is 2.07 bits per heavy atom. The summed E-state index contributed by atoms with van der Waals surface area (Å²) in [5, 5.41) is 8.96. The van der Waals surface area contributed by atoms with Crippen molar-refractivity contribution in [1.29, 1.82) is 0 Å². The first-order valence-corrected chi connectivity index (χ1v) is 5.82. The standard InChI is InChI=1S/C10H10Br2O2/c1-2-7(10(13)14)6-3-4-8(11)9(12)5-6/h3-5,7H,2H2,1H3,(H,13,14). The molecule has 1 aromatic carbocycles. The Balaban J connectivity index is 3.06. The van der Waals surface area contributed by atoms with E-state index in [1.54, 1.807) is 0 Å². The predicted molar refractivity (Wildman–Crippen MR) is 62.5 cm³/mol. The van der Waals surface area contributed by atoms with E-state index in [0.29, 0.717) is 6.42 Å². The number of carbonyl (C=O) groups is 1. The molecular formula is C10H10Br2O2. The van der Waals surface area contributed by atoms with E-state index >= 15 is 0 Å². The minimum atomic E-state index is -0.776. The Morgan fingerprint density at radius 3 is 2.50 bits per heavy atom. The van der Waals surface area contributed by atoms with Crippen LogP contribution in [0.5, 0.6) is 0 Å². The summed E-state index contributed by atoms with van der Waals surface area (Å²) in [6.45, 7) is 1.87. The molecule has 0 radical (unpaired) electrons. The summed E-state index contributed by atoms with van der Waals surface area (Å²) >= 11 is 6.70. The number of hydrogen-bond donors (Lipinski definition) is 1. The summed E-state index contributed by atoms with van der Waals surface area (Å²) in [5.41, 5.74) is 0.829. The van der Waals surface area contributed by atoms with E-state index in [1.165, 1.54) is 0 Å². The van der Waals surface area contributed by atoms with Gasteiger partial charge in [-0.15, -0.1) is 0 Å². The zero-order chi connectivity index (χ0) is 10.7. The smallest absolute Gasteiger partial charge is 0.310 e. The molecule has 14 heavy (non-hydrogen) atoms. The Bertz CT molecular complexity index is 350. The normalized spacial score (nSPS) is 12.5. The number of hydrogen-bond acceptors (Lipinski definition) is 1. The van der Waals surface area contributed by atoms with Crippen molar-refractivity contribution >= 4 is 37.8 Å². The van der Waals surface area contributed by atoms with E-state index in [0.717, 1.165) is 14.5 Å².